The van der Waals surface area contributed by atoms with Crippen LogP contribution < -0.4 is 0 Å². The number of esters is 1. The van der Waals surface area contributed by atoms with Crippen molar-refractivity contribution in [1.82, 2.24) is 0 Å². The quantitative estimate of drug-likeness (QED) is 0.587. The van der Waals surface area contributed by atoms with Crippen molar-refractivity contribution in [2.75, 3.05) is 6.61 Å². The Morgan fingerprint density at radius 3 is 1.90 bits per heavy atom. The zero-order valence-electron chi connectivity index (χ0n) is 12.8. The molecular formula is C14H28O6. The third-order valence-corrected chi connectivity index (χ3v) is 2.70. The molecule has 0 saturated carbocycles. The van der Waals surface area contributed by atoms with Crippen LogP contribution in [-0.4, -0.2) is 46.1 Å². The van der Waals surface area contributed by atoms with E-state index in [1.807, 2.05) is 0 Å². The highest BCUT2D eigenvalue weighted by atomic mass is 16.5. The Hall–Kier alpha value is -1.14. The number of hydrogen-bond donors (Lipinski definition) is 3. The Morgan fingerprint density at radius 1 is 1.10 bits per heavy atom. The summed E-state index contributed by atoms with van der Waals surface area (Å²) in [5.74, 6) is -1.26. The second-order valence-corrected chi connectivity index (χ2v) is 4.74. The molecule has 0 aliphatic carbocycles. The number of ether oxygens (including phenoxy) is 1. The van der Waals surface area contributed by atoms with E-state index in [1.165, 1.54) is 26.7 Å². The molecule has 0 fully saturated rings. The van der Waals surface area contributed by atoms with Gasteiger partial charge in [0.05, 0.1) is 6.61 Å². The molecule has 3 N–H and O–H groups in total. The summed E-state index contributed by atoms with van der Waals surface area (Å²) in [6.45, 7) is 7.31. The summed E-state index contributed by atoms with van der Waals surface area (Å²) < 4.78 is 4.96. The number of hydrogen-bond acceptors (Lipinski definition) is 5. The summed E-state index contributed by atoms with van der Waals surface area (Å²) >= 11 is 0. The van der Waals surface area contributed by atoms with Gasteiger partial charge < -0.3 is 20.1 Å². The smallest absolute Gasteiger partial charge is 0.334 e. The standard InChI is InChI=1S/C11H22O3.C3H6O3/c1-4-6-7-10(5-2)8-14-11(13)9(3)12;1-2(4)3(5)6/h9-10,12H,4-8H2,1-3H3;2,4H,1H3,(H,5,6)/t;2-/m.1/s1. The van der Waals surface area contributed by atoms with Crippen LogP contribution in [0.4, 0.5) is 0 Å². The summed E-state index contributed by atoms with van der Waals surface area (Å²) in [5.41, 5.74) is 0. The average Bonchev–Trinajstić information content (AvgIpc) is 2.39. The van der Waals surface area contributed by atoms with Crippen molar-refractivity contribution >= 4 is 11.9 Å². The molecule has 0 aliphatic heterocycles. The molecule has 0 aromatic rings. The van der Waals surface area contributed by atoms with Crippen molar-refractivity contribution in [1.29, 1.82) is 0 Å². The first-order valence-electron chi connectivity index (χ1n) is 7.01. The van der Waals surface area contributed by atoms with Crippen molar-refractivity contribution in [3.05, 3.63) is 0 Å². The maximum atomic E-state index is 11.0. The topological polar surface area (TPSA) is 104 Å². The fourth-order valence-electron chi connectivity index (χ4n) is 1.22. The molecule has 2 unspecified atom stereocenters. The van der Waals surface area contributed by atoms with Crippen LogP contribution in [0.15, 0.2) is 0 Å². The molecule has 0 amide bonds. The first-order chi connectivity index (χ1) is 9.26. The van der Waals surface area contributed by atoms with Gasteiger partial charge in [-0.15, -0.1) is 0 Å². The first kappa shape index (κ1) is 21.2. The molecule has 120 valence electrons. The van der Waals surface area contributed by atoms with E-state index in [2.05, 4.69) is 13.8 Å². The minimum absolute atomic E-state index is 0.442. The van der Waals surface area contributed by atoms with E-state index < -0.39 is 24.1 Å². The molecule has 6 nitrogen and oxygen atoms in total. The van der Waals surface area contributed by atoms with Gasteiger partial charge >= 0.3 is 11.9 Å². The van der Waals surface area contributed by atoms with Gasteiger partial charge in [-0.25, -0.2) is 9.59 Å². The van der Waals surface area contributed by atoms with Gasteiger partial charge in [0, 0.05) is 0 Å². The predicted octanol–water partition coefficient (Wildman–Crippen LogP) is 1.58. The van der Waals surface area contributed by atoms with E-state index >= 15 is 0 Å². The van der Waals surface area contributed by atoms with Crippen LogP contribution in [0, 0.1) is 5.92 Å². The zero-order valence-corrected chi connectivity index (χ0v) is 12.8. The molecule has 3 atom stereocenters. The van der Waals surface area contributed by atoms with Crippen LogP contribution in [0.3, 0.4) is 0 Å². The number of rotatable bonds is 8. The maximum absolute atomic E-state index is 11.0. The fourth-order valence-corrected chi connectivity index (χ4v) is 1.22. The molecule has 0 aromatic carbocycles. The van der Waals surface area contributed by atoms with Crippen LogP contribution in [0.5, 0.6) is 0 Å². The van der Waals surface area contributed by atoms with Crippen LogP contribution in [0.1, 0.15) is 53.4 Å². The minimum atomic E-state index is -1.23. The molecule has 0 bridgehead atoms. The zero-order chi connectivity index (χ0) is 16.1. The SMILES string of the molecule is CCCCC(CC)COC(=O)C(C)O.C[C@@H](O)C(=O)O. The Morgan fingerprint density at radius 2 is 1.60 bits per heavy atom. The highest BCUT2D eigenvalue weighted by Crippen LogP contribution is 2.13. The summed E-state index contributed by atoms with van der Waals surface area (Å²) in [6, 6.07) is 0. The van der Waals surface area contributed by atoms with Gasteiger partial charge in [-0.2, -0.15) is 0 Å². The maximum Gasteiger partial charge on any atom is 0.334 e. The molecule has 0 aliphatic rings. The van der Waals surface area contributed by atoms with Gasteiger partial charge in [-0.3, -0.25) is 0 Å². The number of carbonyl (C=O) groups is 2. The lowest BCUT2D eigenvalue weighted by molar-refractivity contribution is -0.154. The third-order valence-electron chi connectivity index (χ3n) is 2.70. The Bertz CT molecular complexity index is 262. The van der Waals surface area contributed by atoms with Gasteiger partial charge in [-0.05, 0) is 26.2 Å². The second-order valence-electron chi connectivity index (χ2n) is 4.74. The van der Waals surface area contributed by atoms with Crippen molar-refractivity contribution in [3.63, 3.8) is 0 Å². The molecule has 0 heterocycles. The summed E-state index contributed by atoms with van der Waals surface area (Å²) in [6.07, 6.45) is 2.22. The van der Waals surface area contributed by atoms with Gasteiger partial charge in [0.1, 0.15) is 12.2 Å². The van der Waals surface area contributed by atoms with Crippen molar-refractivity contribution < 1.29 is 29.6 Å². The molecule has 0 radical (unpaired) electrons. The summed E-state index contributed by atoms with van der Waals surface area (Å²) in [7, 11) is 0. The second kappa shape index (κ2) is 12.9. The summed E-state index contributed by atoms with van der Waals surface area (Å²) in [5, 5.41) is 24.7. The molecule has 0 saturated heterocycles. The molecular weight excluding hydrogens is 264 g/mol. The molecule has 0 aromatic heterocycles. The molecule has 0 rings (SSSR count). The number of carboxylic acid groups (broad SMARTS) is 1. The van der Waals surface area contributed by atoms with Crippen molar-refractivity contribution in [2.24, 2.45) is 5.92 Å². The van der Waals surface area contributed by atoms with E-state index in [-0.39, 0.29) is 0 Å². The van der Waals surface area contributed by atoms with Gasteiger partial charge in [-0.1, -0.05) is 33.1 Å². The van der Waals surface area contributed by atoms with Crippen LogP contribution in [0.25, 0.3) is 0 Å². The third kappa shape index (κ3) is 13.3. The van der Waals surface area contributed by atoms with E-state index in [9.17, 15) is 9.59 Å². The highest BCUT2D eigenvalue weighted by molar-refractivity contribution is 5.73. The van der Waals surface area contributed by atoms with Crippen molar-refractivity contribution in [2.45, 2.75) is 65.6 Å². The first-order valence-corrected chi connectivity index (χ1v) is 7.01. The van der Waals surface area contributed by atoms with Crippen LogP contribution >= 0.6 is 0 Å². The van der Waals surface area contributed by atoms with Crippen LogP contribution in [0.2, 0.25) is 0 Å². The normalized spacial score (nSPS) is 14.5. The van der Waals surface area contributed by atoms with Gasteiger partial charge in [0.2, 0.25) is 0 Å². The largest absolute Gasteiger partial charge is 0.479 e. The fraction of sp³-hybridized carbons (Fsp3) is 0.857. The van der Waals surface area contributed by atoms with E-state index in [0.29, 0.717) is 12.5 Å². The number of carboxylic acids is 1. The summed E-state index contributed by atoms with van der Waals surface area (Å²) in [4.78, 5) is 20.4. The average molecular weight is 292 g/mol. The number of aliphatic hydroxyl groups is 2. The monoisotopic (exact) mass is 292 g/mol. The van der Waals surface area contributed by atoms with Gasteiger partial charge in [0.25, 0.3) is 0 Å². The van der Waals surface area contributed by atoms with E-state index in [4.69, 9.17) is 20.1 Å². The molecule has 6 heteroatoms. The number of unbranched alkanes of at least 4 members (excludes halogenated alkanes) is 1. The minimum Gasteiger partial charge on any atom is -0.479 e. The Kier molecular flexibility index (Phi) is 13.6. The number of carbonyl (C=O) groups excluding carboxylic acids is 1. The Balaban J connectivity index is 0. The predicted molar refractivity (Wildman–Crippen MR) is 75.3 cm³/mol. The van der Waals surface area contributed by atoms with Crippen LogP contribution in [-0.2, 0) is 14.3 Å². The lowest BCUT2D eigenvalue weighted by atomic mass is 10.0. The highest BCUT2D eigenvalue weighted by Gasteiger charge is 2.13. The molecule has 0 spiro atoms. The lowest BCUT2D eigenvalue weighted by Gasteiger charge is -2.15. The van der Waals surface area contributed by atoms with Gasteiger partial charge in [0.15, 0.2) is 0 Å². The Labute approximate surface area is 120 Å². The van der Waals surface area contributed by atoms with E-state index in [1.54, 1.807) is 0 Å². The van der Waals surface area contributed by atoms with Crippen molar-refractivity contribution in [3.8, 4) is 0 Å². The number of aliphatic carboxylic acids is 1. The van der Waals surface area contributed by atoms with E-state index in [0.717, 1.165) is 12.8 Å². The lowest BCUT2D eigenvalue weighted by Crippen LogP contribution is -2.22. The number of aliphatic hydroxyl groups excluding tert-OH is 2. The molecule has 20 heavy (non-hydrogen) atoms.